The van der Waals surface area contributed by atoms with Crippen molar-refractivity contribution in [3.63, 3.8) is 0 Å². The molecule has 4 rings (SSSR count). The minimum atomic E-state index is -0.442. The Bertz CT molecular complexity index is 1070. The molecule has 1 fully saturated rings. The molecule has 0 bridgehead atoms. The third-order valence-electron chi connectivity index (χ3n) is 5.41. The molecule has 146 valence electrons. The second-order valence-electron chi connectivity index (χ2n) is 7.13. The molecule has 2 heterocycles. The van der Waals surface area contributed by atoms with Crippen LogP contribution in [0.25, 0.3) is 22.1 Å². The molecule has 6 heteroatoms. The average molecular weight is 382 g/mol. The van der Waals surface area contributed by atoms with Crippen LogP contribution < -0.4 is 20.0 Å². The number of phenolic OH excluding ortho intramolecular Hbond substituents is 1. The summed E-state index contributed by atoms with van der Waals surface area (Å²) in [7, 11) is 3.12. The summed E-state index contributed by atoms with van der Waals surface area (Å²) < 4.78 is 16.3. The summed E-state index contributed by atoms with van der Waals surface area (Å²) in [6.07, 6.45) is 2.38. The Morgan fingerprint density at radius 1 is 1.04 bits per heavy atom. The van der Waals surface area contributed by atoms with Crippen LogP contribution in [0.5, 0.6) is 17.2 Å². The van der Waals surface area contributed by atoms with E-state index >= 15 is 0 Å². The fourth-order valence-electron chi connectivity index (χ4n) is 3.91. The smallest absolute Gasteiger partial charge is 0.344 e. The molecule has 0 unspecified atom stereocenters. The highest BCUT2D eigenvalue weighted by Crippen LogP contribution is 2.33. The molecule has 1 aliphatic heterocycles. The van der Waals surface area contributed by atoms with Crippen molar-refractivity contribution >= 4 is 11.0 Å². The number of rotatable bonds is 5. The molecule has 3 aromatic rings. The van der Waals surface area contributed by atoms with Crippen LogP contribution in [-0.2, 0) is 6.54 Å². The second-order valence-corrected chi connectivity index (χ2v) is 7.13. The average Bonchev–Trinajstić information content (AvgIpc) is 3.22. The molecule has 6 nitrogen and oxygen atoms in total. The van der Waals surface area contributed by atoms with Gasteiger partial charge in [0.1, 0.15) is 12.3 Å². The van der Waals surface area contributed by atoms with Gasteiger partial charge in [-0.25, -0.2) is 4.79 Å². The number of methoxy groups -OCH3 is 2. The Balaban J connectivity index is 1.81. The lowest BCUT2D eigenvalue weighted by Gasteiger charge is -2.14. The quantitative estimate of drug-likeness (QED) is 0.663. The van der Waals surface area contributed by atoms with Gasteiger partial charge in [0, 0.05) is 18.2 Å². The Hall–Kier alpha value is -2.99. The molecular weight excluding hydrogens is 358 g/mol. The van der Waals surface area contributed by atoms with Crippen molar-refractivity contribution in [2.45, 2.75) is 19.4 Å². The van der Waals surface area contributed by atoms with Gasteiger partial charge in [0.25, 0.3) is 0 Å². The van der Waals surface area contributed by atoms with Crippen molar-refractivity contribution in [3.8, 4) is 28.4 Å². The number of ether oxygens (including phenoxy) is 2. The topological polar surface area (TPSA) is 73.3 Å². The highest BCUT2D eigenvalue weighted by atomic mass is 16.5. The Kier molecular flexibility index (Phi) is 4.96. The van der Waals surface area contributed by atoms with Gasteiger partial charge in [0.05, 0.1) is 38.4 Å². The third kappa shape index (κ3) is 3.31. The van der Waals surface area contributed by atoms with E-state index in [0.717, 1.165) is 18.5 Å². The van der Waals surface area contributed by atoms with Crippen LogP contribution in [0.4, 0.5) is 0 Å². The van der Waals surface area contributed by atoms with E-state index in [1.807, 2.05) is 6.07 Å². The lowest BCUT2D eigenvalue weighted by molar-refractivity contribution is -0.901. The minimum absolute atomic E-state index is 0.175. The summed E-state index contributed by atoms with van der Waals surface area (Å²) in [5.74, 6) is 1.31. The zero-order valence-corrected chi connectivity index (χ0v) is 16.1. The molecule has 28 heavy (non-hydrogen) atoms. The van der Waals surface area contributed by atoms with Crippen molar-refractivity contribution in [1.82, 2.24) is 0 Å². The van der Waals surface area contributed by atoms with Crippen molar-refractivity contribution < 1.29 is 23.9 Å². The number of nitrogens with one attached hydrogen (secondary N) is 1. The van der Waals surface area contributed by atoms with E-state index in [4.69, 9.17) is 13.9 Å². The zero-order chi connectivity index (χ0) is 19.7. The SMILES string of the molecule is COc1ccc(-c2cc3ccc(O)c(C[NH+]4CCCC4)c3oc2=O)cc1OC. The van der Waals surface area contributed by atoms with Gasteiger partial charge in [-0.05, 0) is 35.9 Å². The molecule has 0 aliphatic carbocycles. The van der Waals surface area contributed by atoms with Crippen molar-refractivity contribution in [3.05, 3.63) is 52.4 Å². The highest BCUT2D eigenvalue weighted by Gasteiger charge is 2.21. The monoisotopic (exact) mass is 382 g/mol. The molecule has 0 saturated carbocycles. The normalized spacial score (nSPS) is 14.5. The van der Waals surface area contributed by atoms with Gasteiger partial charge in [-0.3, -0.25) is 0 Å². The van der Waals surface area contributed by atoms with E-state index in [1.165, 1.54) is 17.7 Å². The van der Waals surface area contributed by atoms with Gasteiger partial charge in [-0.15, -0.1) is 0 Å². The predicted molar refractivity (Wildman–Crippen MR) is 106 cm³/mol. The van der Waals surface area contributed by atoms with Gasteiger partial charge >= 0.3 is 5.63 Å². The zero-order valence-electron chi connectivity index (χ0n) is 16.1. The first kappa shape index (κ1) is 18.4. The van der Waals surface area contributed by atoms with E-state index in [-0.39, 0.29) is 5.75 Å². The van der Waals surface area contributed by atoms with Crippen LogP contribution in [-0.4, -0.2) is 32.4 Å². The van der Waals surface area contributed by atoms with Crippen molar-refractivity contribution in [2.24, 2.45) is 0 Å². The number of benzene rings is 2. The molecule has 0 radical (unpaired) electrons. The summed E-state index contributed by atoms with van der Waals surface area (Å²) >= 11 is 0. The maximum absolute atomic E-state index is 12.8. The third-order valence-corrected chi connectivity index (χ3v) is 5.41. The van der Waals surface area contributed by atoms with Gasteiger partial charge in [0.2, 0.25) is 0 Å². The Morgan fingerprint density at radius 3 is 2.50 bits per heavy atom. The first-order chi connectivity index (χ1) is 13.6. The summed E-state index contributed by atoms with van der Waals surface area (Å²) in [5, 5.41) is 11.2. The van der Waals surface area contributed by atoms with Crippen molar-refractivity contribution in [2.75, 3.05) is 27.3 Å². The molecule has 1 saturated heterocycles. The number of aromatic hydroxyl groups is 1. The summed E-state index contributed by atoms with van der Waals surface area (Å²) in [6, 6.07) is 10.6. The van der Waals surface area contributed by atoms with Gasteiger partial charge < -0.3 is 23.9 Å². The first-order valence-corrected chi connectivity index (χ1v) is 9.45. The standard InChI is InChI=1S/C22H23NO5/c1-26-19-8-6-14(12-20(19)27-2)16-11-15-5-7-18(24)17(21(15)28-22(16)25)13-23-9-3-4-10-23/h5-8,11-12,24H,3-4,9-10,13H2,1-2H3/p+1. The number of likely N-dealkylation sites (tertiary alicyclic amines) is 1. The number of quaternary nitrogens is 1. The van der Waals surface area contributed by atoms with Crippen molar-refractivity contribution in [1.29, 1.82) is 0 Å². The molecule has 2 aromatic carbocycles. The van der Waals surface area contributed by atoms with Gasteiger partial charge in [-0.1, -0.05) is 6.07 Å². The molecule has 2 N–H and O–H groups in total. The molecular formula is C22H24NO5+. The summed E-state index contributed by atoms with van der Waals surface area (Å²) in [6.45, 7) is 2.80. The predicted octanol–water partition coefficient (Wildman–Crippen LogP) is 2.36. The van der Waals surface area contributed by atoms with E-state index < -0.39 is 5.63 Å². The Morgan fingerprint density at radius 2 is 1.79 bits per heavy atom. The summed E-state index contributed by atoms with van der Waals surface area (Å²) in [5.41, 5.74) is 1.86. The lowest BCUT2D eigenvalue weighted by atomic mass is 10.0. The van der Waals surface area contributed by atoms with E-state index in [0.29, 0.717) is 40.3 Å². The van der Waals surface area contributed by atoms with E-state index in [2.05, 4.69) is 0 Å². The van der Waals surface area contributed by atoms with Gasteiger partial charge in [-0.2, -0.15) is 0 Å². The molecule has 0 spiro atoms. The van der Waals surface area contributed by atoms with E-state index in [9.17, 15) is 9.90 Å². The Labute approximate surface area is 162 Å². The van der Waals surface area contributed by atoms with Crippen LogP contribution >= 0.6 is 0 Å². The second kappa shape index (κ2) is 7.56. The first-order valence-electron chi connectivity index (χ1n) is 9.45. The molecule has 1 aromatic heterocycles. The van der Waals surface area contributed by atoms with Gasteiger partial charge in [0.15, 0.2) is 17.1 Å². The highest BCUT2D eigenvalue weighted by molar-refractivity contribution is 5.86. The fourth-order valence-corrected chi connectivity index (χ4v) is 3.91. The number of hydrogen-bond acceptors (Lipinski definition) is 5. The van der Waals surface area contributed by atoms with Crippen LogP contribution in [0.3, 0.4) is 0 Å². The fraction of sp³-hybridized carbons (Fsp3) is 0.318. The van der Waals surface area contributed by atoms with Crippen LogP contribution in [0.1, 0.15) is 18.4 Å². The maximum Gasteiger partial charge on any atom is 0.344 e. The molecule has 0 amide bonds. The number of phenols is 1. The maximum atomic E-state index is 12.8. The van der Waals surface area contributed by atoms with E-state index in [1.54, 1.807) is 44.6 Å². The minimum Gasteiger partial charge on any atom is -0.507 e. The lowest BCUT2D eigenvalue weighted by Crippen LogP contribution is -3.08. The molecule has 0 atom stereocenters. The van der Waals surface area contributed by atoms with Crippen LogP contribution in [0, 0.1) is 0 Å². The number of fused-ring (bicyclic) bond motifs is 1. The van der Waals surface area contributed by atoms with Crippen LogP contribution in [0.15, 0.2) is 45.6 Å². The largest absolute Gasteiger partial charge is 0.507 e. The summed E-state index contributed by atoms with van der Waals surface area (Å²) in [4.78, 5) is 14.2. The number of hydrogen-bond donors (Lipinski definition) is 2. The molecule has 1 aliphatic rings. The van der Waals surface area contributed by atoms with Crippen LogP contribution in [0.2, 0.25) is 0 Å².